The number of halogens is 1. The van der Waals surface area contributed by atoms with Crippen LogP contribution in [0.2, 0.25) is 0 Å². The average Bonchev–Trinajstić information content (AvgIpc) is 2.05. The van der Waals surface area contributed by atoms with Gasteiger partial charge in [0.15, 0.2) is 0 Å². The maximum absolute atomic E-state index is 12.4. The Balaban J connectivity index is 2.90. The Labute approximate surface area is 67.7 Å². The highest BCUT2D eigenvalue weighted by Crippen LogP contribution is 2.07. The topological polar surface area (TPSA) is 17.1 Å². The van der Waals surface area contributed by atoms with Crippen LogP contribution in [0, 0.1) is 5.82 Å². The van der Waals surface area contributed by atoms with Gasteiger partial charge in [-0.3, -0.25) is 4.21 Å². The van der Waals surface area contributed by atoms with Crippen molar-refractivity contribution in [1.29, 1.82) is 0 Å². The Bertz CT molecular complexity index is 255. The van der Waals surface area contributed by atoms with Crippen molar-refractivity contribution in [3.8, 4) is 0 Å². The monoisotopic (exact) mass is 172 g/mol. The molecule has 0 saturated carbocycles. The molecular formula is C8H9FOS. The normalized spacial score (nSPS) is 12.9. The van der Waals surface area contributed by atoms with E-state index in [1.165, 1.54) is 12.1 Å². The zero-order valence-electron chi connectivity index (χ0n) is 6.21. The van der Waals surface area contributed by atoms with Gasteiger partial charge < -0.3 is 0 Å². The van der Waals surface area contributed by atoms with Crippen LogP contribution in [0.15, 0.2) is 29.2 Å². The Morgan fingerprint density at radius 3 is 2.36 bits per heavy atom. The molecule has 0 spiro atoms. The van der Waals surface area contributed by atoms with Gasteiger partial charge in [0.05, 0.1) is 10.8 Å². The van der Waals surface area contributed by atoms with Gasteiger partial charge >= 0.3 is 0 Å². The smallest absolute Gasteiger partial charge is 0.123 e. The molecule has 0 fully saturated rings. The van der Waals surface area contributed by atoms with E-state index in [-0.39, 0.29) is 5.82 Å². The Hall–Kier alpha value is -0.700. The number of hydrogen-bond acceptors (Lipinski definition) is 1. The van der Waals surface area contributed by atoms with E-state index in [0.29, 0.717) is 10.6 Å². The van der Waals surface area contributed by atoms with Crippen LogP contribution in [0.1, 0.15) is 6.92 Å². The molecule has 11 heavy (non-hydrogen) atoms. The summed E-state index contributed by atoms with van der Waals surface area (Å²) in [6.07, 6.45) is 0. The van der Waals surface area contributed by atoms with Crippen molar-refractivity contribution in [3.63, 3.8) is 0 Å². The molecule has 0 radical (unpaired) electrons. The fraction of sp³-hybridized carbons (Fsp3) is 0.250. The van der Waals surface area contributed by atoms with E-state index in [1.54, 1.807) is 12.1 Å². The van der Waals surface area contributed by atoms with Crippen LogP contribution >= 0.6 is 0 Å². The van der Waals surface area contributed by atoms with Crippen LogP contribution in [0.5, 0.6) is 0 Å². The molecule has 0 aromatic heterocycles. The highest BCUT2D eigenvalue weighted by molar-refractivity contribution is 7.85. The Morgan fingerprint density at radius 2 is 1.91 bits per heavy atom. The molecule has 0 aliphatic heterocycles. The van der Waals surface area contributed by atoms with E-state index in [0.717, 1.165) is 0 Å². The van der Waals surface area contributed by atoms with Gasteiger partial charge in [-0.2, -0.15) is 0 Å². The van der Waals surface area contributed by atoms with Crippen molar-refractivity contribution in [2.24, 2.45) is 0 Å². The molecule has 0 aliphatic carbocycles. The van der Waals surface area contributed by atoms with Gasteiger partial charge in [0, 0.05) is 10.6 Å². The van der Waals surface area contributed by atoms with Crippen LogP contribution in [-0.4, -0.2) is 9.96 Å². The third-order valence-corrected chi connectivity index (χ3v) is 2.66. The molecule has 1 nitrogen and oxygen atoms in total. The standard InChI is InChI=1S/C8H9FOS/c1-2-11(10)8-5-3-7(9)4-6-8/h3-6H,2H2,1H3/t11-/m0/s1. The summed E-state index contributed by atoms with van der Waals surface area (Å²) in [6.45, 7) is 1.83. The van der Waals surface area contributed by atoms with Crippen molar-refractivity contribution in [2.45, 2.75) is 11.8 Å². The quantitative estimate of drug-likeness (QED) is 0.666. The first kappa shape index (κ1) is 8.40. The molecule has 1 rings (SSSR count). The molecule has 1 aromatic carbocycles. The maximum Gasteiger partial charge on any atom is 0.123 e. The second-order valence-corrected chi connectivity index (χ2v) is 3.83. The van der Waals surface area contributed by atoms with E-state index < -0.39 is 10.8 Å². The summed E-state index contributed by atoms with van der Waals surface area (Å²) in [7, 11) is -0.965. The SMILES string of the molecule is CC[S@](=O)c1ccc(F)cc1. The molecule has 0 bridgehead atoms. The lowest BCUT2D eigenvalue weighted by atomic mass is 10.4. The van der Waals surface area contributed by atoms with E-state index in [1.807, 2.05) is 6.92 Å². The molecule has 1 aromatic rings. The van der Waals surface area contributed by atoms with E-state index in [4.69, 9.17) is 0 Å². The van der Waals surface area contributed by atoms with Crippen LogP contribution in [0.3, 0.4) is 0 Å². The maximum atomic E-state index is 12.4. The number of rotatable bonds is 2. The molecular weight excluding hydrogens is 163 g/mol. The average molecular weight is 172 g/mol. The summed E-state index contributed by atoms with van der Waals surface area (Å²) in [6, 6.07) is 5.75. The molecule has 60 valence electrons. The van der Waals surface area contributed by atoms with Crippen molar-refractivity contribution in [3.05, 3.63) is 30.1 Å². The van der Waals surface area contributed by atoms with Gasteiger partial charge in [-0.1, -0.05) is 6.92 Å². The van der Waals surface area contributed by atoms with Crippen molar-refractivity contribution in [1.82, 2.24) is 0 Å². The van der Waals surface area contributed by atoms with Gasteiger partial charge in [-0.25, -0.2) is 4.39 Å². The summed E-state index contributed by atoms with van der Waals surface area (Å²) < 4.78 is 23.5. The van der Waals surface area contributed by atoms with Crippen LogP contribution in [0.25, 0.3) is 0 Å². The number of hydrogen-bond donors (Lipinski definition) is 0. The van der Waals surface area contributed by atoms with E-state index in [2.05, 4.69) is 0 Å². The second-order valence-electron chi connectivity index (χ2n) is 2.09. The van der Waals surface area contributed by atoms with Crippen molar-refractivity contribution < 1.29 is 8.60 Å². The van der Waals surface area contributed by atoms with Crippen LogP contribution < -0.4 is 0 Å². The molecule has 0 amide bonds. The molecule has 0 unspecified atom stereocenters. The molecule has 0 N–H and O–H groups in total. The van der Waals surface area contributed by atoms with Crippen LogP contribution in [0.4, 0.5) is 4.39 Å². The zero-order valence-corrected chi connectivity index (χ0v) is 7.03. The molecule has 0 saturated heterocycles. The lowest BCUT2D eigenvalue weighted by Gasteiger charge is -1.96. The molecule has 1 atom stereocenters. The lowest BCUT2D eigenvalue weighted by molar-refractivity contribution is 0.626. The van der Waals surface area contributed by atoms with Gasteiger partial charge in [-0.05, 0) is 24.3 Å². The van der Waals surface area contributed by atoms with E-state index in [9.17, 15) is 8.60 Å². The summed E-state index contributed by atoms with van der Waals surface area (Å²) >= 11 is 0. The summed E-state index contributed by atoms with van der Waals surface area (Å²) in [5.74, 6) is 0.285. The number of benzene rings is 1. The highest BCUT2D eigenvalue weighted by atomic mass is 32.2. The Kier molecular flexibility index (Phi) is 2.76. The van der Waals surface area contributed by atoms with Crippen molar-refractivity contribution in [2.75, 3.05) is 5.75 Å². The largest absolute Gasteiger partial charge is 0.254 e. The zero-order chi connectivity index (χ0) is 8.27. The third kappa shape index (κ3) is 2.12. The Morgan fingerprint density at radius 1 is 1.36 bits per heavy atom. The minimum absolute atomic E-state index is 0.290. The first-order valence-electron chi connectivity index (χ1n) is 3.38. The molecule has 0 heterocycles. The predicted molar refractivity (Wildman–Crippen MR) is 43.3 cm³/mol. The summed E-state index contributed by atoms with van der Waals surface area (Å²) in [4.78, 5) is 0.689. The second kappa shape index (κ2) is 3.62. The fourth-order valence-electron chi connectivity index (χ4n) is 0.753. The van der Waals surface area contributed by atoms with Gasteiger partial charge in [0.25, 0.3) is 0 Å². The molecule has 0 aliphatic rings. The van der Waals surface area contributed by atoms with Gasteiger partial charge in [0.1, 0.15) is 5.82 Å². The summed E-state index contributed by atoms with van der Waals surface area (Å²) in [5, 5.41) is 0. The minimum atomic E-state index is -0.965. The van der Waals surface area contributed by atoms with Gasteiger partial charge in [0.2, 0.25) is 0 Å². The first-order valence-corrected chi connectivity index (χ1v) is 4.70. The van der Waals surface area contributed by atoms with Gasteiger partial charge in [-0.15, -0.1) is 0 Å². The van der Waals surface area contributed by atoms with Crippen LogP contribution in [-0.2, 0) is 10.8 Å². The highest BCUT2D eigenvalue weighted by Gasteiger charge is 1.99. The first-order chi connectivity index (χ1) is 5.24. The fourth-order valence-corrected chi connectivity index (χ4v) is 1.53. The minimum Gasteiger partial charge on any atom is -0.254 e. The third-order valence-electron chi connectivity index (χ3n) is 1.34. The lowest BCUT2D eigenvalue weighted by Crippen LogP contribution is -1.93. The predicted octanol–water partition coefficient (Wildman–Crippen LogP) is 1.95. The summed E-state index contributed by atoms with van der Waals surface area (Å²) in [5.41, 5.74) is 0. The van der Waals surface area contributed by atoms with E-state index >= 15 is 0 Å². The van der Waals surface area contributed by atoms with Crippen molar-refractivity contribution >= 4 is 10.8 Å². The molecule has 3 heteroatoms.